The van der Waals surface area contributed by atoms with E-state index in [1.807, 2.05) is 63.2 Å². The lowest BCUT2D eigenvalue weighted by Crippen LogP contribution is -2.29. The van der Waals surface area contributed by atoms with E-state index in [-0.39, 0.29) is 17.4 Å². The second-order valence-electron chi connectivity index (χ2n) is 9.60. The summed E-state index contributed by atoms with van der Waals surface area (Å²) in [7, 11) is 0. The molecule has 0 radical (unpaired) electrons. The van der Waals surface area contributed by atoms with Gasteiger partial charge in [0.1, 0.15) is 17.6 Å². The molecule has 6 rings (SSSR count). The third-order valence-electron chi connectivity index (χ3n) is 6.82. The van der Waals surface area contributed by atoms with Crippen molar-refractivity contribution in [3.05, 3.63) is 92.5 Å². The van der Waals surface area contributed by atoms with Gasteiger partial charge in [0.15, 0.2) is 5.13 Å². The zero-order chi connectivity index (χ0) is 26.0. The molecule has 0 bridgehead atoms. The summed E-state index contributed by atoms with van der Waals surface area (Å²) in [6.45, 7) is 5.99. The first-order valence-electron chi connectivity index (χ1n) is 12.0. The number of hydrogen-bond donors (Lipinski definition) is 1. The normalized spacial score (nSPS) is 20.5. The van der Waals surface area contributed by atoms with Crippen LogP contribution in [0.1, 0.15) is 40.8 Å². The quantitative estimate of drug-likeness (QED) is 0.169. The number of ether oxygens (including phenoxy) is 1. The molecule has 1 amide bonds. The maximum absolute atomic E-state index is 13.5. The Morgan fingerprint density at radius 3 is 2.62 bits per heavy atom. The molecule has 3 heterocycles. The first-order chi connectivity index (χ1) is 17.7. The monoisotopic (exact) mass is 574 g/mol. The lowest BCUT2D eigenvalue weighted by Gasteiger charge is -2.23. The number of aryl methyl sites for hydroxylation is 2. The van der Waals surface area contributed by atoms with Crippen molar-refractivity contribution in [3.63, 3.8) is 0 Å². The summed E-state index contributed by atoms with van der Waals surface area (Å²) >= 11 is 4.83. The molecule has 2 atom stereocenters. The number of aliphatic hydroxyl groups is 1. The van der Waals surface area contributed by atoms with Crippen LogP contribution in [0.25, 0.3) is 16.0 Å². The molecule has 1 fully saturated rings. The molecule has 1 N–H and O–H groups in total. The third kappa shape index (κ3) is 3.95. The third-order valence-corrected chi connectivity index (χ3v) is 8.35. The number of aromatic nitrogens is 1. The summed E-state index contributed by atoms with van der Waals surface area (Å²) in [5.74, 6) is -0.873. The fourth-order valence-corrected chi connectivity index (χ4v) is 6.61. The van der Waals surface area contributed by atoms with E-state index in [9.17, 15) is 14.7 Å². The van der Waals surface area contributed by atoms with Crippen molar-refractivity contribution in [1.82, 2.24) is 4.98 Å². The van der Waals surface area contributed by atoms with Crippen LogP contribution in [-0.2, 0) is 16.0 Å². The van der Waals surface area contributed by atoms with E-state index < -0.39 is 17.7 Å². The molecule has 4 aromatic rings. The minimum Gasteiger partial charge on any atom is -0.507 e. The van der Waals surface area contributed by atoms with Gasteiger partial charge in [0, 0.05) is 16.5 Å². The Hall–Kier alpha value is -3.49. The van der Waals surface area contributed by atoms with Gasteiger partial charge in [-0.05, 0) is 79.4 Å². The van der Waals surface area contributed by atoms with Crippen LogP contribution in [-0.4, -0.2) is 27.9 Å². The van der Waals surface area contributed by atoms with Gasteiger partial charge < -0.3 is 9.84 Å². The van der Waals surface area contributed by atoms with Gasteiger partial charge in [-0.25, -0.2) is 4.98 Å². The molecule has 37 heavy (non-hydrogen) atoms. The molecule has 0 unspecified atom stereocenters. The second kappa shape index (κ2) is 8.82. The highest BCUT2D eigenvalue weighted by atomic mass is 79.9. The molecule has 0 aliphatic carbocycles. The van der Waals surface area contributed by atoms with Gasteiger partial charge in [-0.15, -0.1) is 0 Å². The Morgan fingerprint density at radius 1 is 1.11 bits per heavy atom. The number of thiazole rings is 1. The smallest absolute Gasteiger partial charge is 0.301 e. The Balaban J connectivity index is 1.54. The molecule has 6 nitrogen and oxygen atoms in total. The number of ketones is 1. The van der Waals surface area contributed by atoms with Crippen LogP contribution in [0.5, 0.6) is 5.75 Å². The van der Waals surface area contributed by atoms with Crippen LogP contribution in [0.15, 0.2) is 64.6 Å². The van der Waals surface area contributed by atoms with E-state index in [2.05, 4.69) is 15.9 Å². The molecule has 1 saturated heterocycles. The lowest BCUT2D eigenvalue weighted by atomic mass is 9.94. The van der Waals surface area contributed by atoms with E-state index in [0.29, 0.717) is 22.7 Å². The van der Waals surface area contributed by atoms with Gasteiger partial charge in [0.25, 0.3) is 5.78 Å². The van der Waals surface area contributed by atoms with E-state index in [0.717, 1.165) is 37.1 Å². The van der Waals surface area contributed by atoms with Crippen molar-refractivity contribution >= 4 is 60.1 Å². The SMILES string of the molecule is Cc1cc(C)c2nc(N3C(=O)C(=O)C(=C(O)c4ccc5c(c4)C[C@H](C)O5)[C@H]3c3ccc(Br)cc3)sc2c1. The minimum atomic E-state index is -0.821. The van der Waals surface area contributed by atoms with E-state index in [1.165, 1.54) is 16.2 Å². The zero-order valence-corrected chi connectivity index (χ0v) is 22.8. The standard InChI is InChI=1S/C29H23BrN2O4S/c1-14-10-15(2)24-22(11-14)37-29(31-24)32-25(17-4-7-20(30)8-5-17)23(27(34)28(32)35)26(33)18-6-9-21-19(13-18)12-16(3)36-21/h4-11,13,16,25,33H,12H2,1-3H3/t16-,25+/m0/s1. The van der Waals surface area contributed by atoms with Gasteiger partial charge in [-0.2, -0.15) is 0 Å². The van der Waals surface area contributed by atoms with Crippen LogP contribution in [0.3, 0.4) is 0 Å². The first kappa shape index (κ1) is 23.9. The van der Waals surface area contributed by atoms with Crippen LogP contribution in [0.2, 0.25) is 0 Å². The van der Waals surface area contributed by atoms with Gasteiger partial charge >= 0.3 is 5.91 Å². The minimum absolute atomic E-state index is 0.0476. The Bertz CT molecular complexity index is 1640. The number of hydrogen-bond acceptors (Lipinski definition) is 6. The van der Waals surface area contributed by atoms with Crippen molar-refractivity contribution in [1.29, 1.82) is 0 Å². The number of rotatable bonds is 3. The van der Waals surface area contributed by atoms with Crippen LogP contribution >= 0.6 is 27.3 Å². The predicted octanol–water partition coefficient (Wildman–Crippen LogP) is 6.63. The molecule has 2 aliphatic rings. The fourth-order valence-electron chi connectivity index (χ4n) is 5.18. The highest BCUT2D eigenvalue weighted by Crippen LogP contribution is 2.45. The Kier molecular flexibility index (Phi) is 5.69. The zero-order valence-electron chi connectivity index (χ0n) is 20.4. The highest BCUT2D eigenvalue weighted by molar-refractivity contribution is 9.10. The average Bonchev–Trinajstić information content (AvgIpc) is 3.52. The van der Waals surface area contributed by atoms with Gasteiger partial charge in [0.2, 0.25) is 0 Å². The summed E-state index contributed by atoms with van der Waals surface area (Å²) in [6, 6.07) is 16.0. The van der Waals surface area contributed by atoms with Crippen LogP contribution < -0.4 is 9.64 Å². The maximum Gasteiger partial charge on any atom is 0.301 e. The number of carbonyl (C=O) groups is 2. The number of benzene rings is 3. The topological polar surface area (TPSA) is 79.7 Å². The predicted molar refractivity (Wildman–Crippen MR) is 148 cm³/mol. The van der Waals surface area contributed by atoms with Crippen LogP contribution in [0, 0.1) is 13.8 Å². The second-order valence-corrected chi connectivity index (χ2v) is 11.5. The molecule has 2 aliphatic heterocycles. The number of carbonyl (C=O) groups excluding carboxylic acids is 2. The largest absolute Gasteiger partial charge is 0.507 e. The molecule has 0 spiro atoms. The lowest BCUT2D eigenvalue weighted by molar-refractivity contribution is -0.132. The summed E-state index contributed by atoms with van der Waals surface area (Å²) in [6.07, 6.45) is 0.762. The van der Waals surface area contributed by atoms with Gasteiger partial charge in [-0.1, -0.05) is 45.5 Å². The number of Topliss-reactive ketones (excluding diaryl/α,β-unsaturated/α-hetero) is 1. The van der Waals surface area contributed by atoms with E-state index in [1.54, 1.807) is 12.1 Å². The first-order valence-corrected chi connectivity index (χ1v) is 13.6. The average molecular weight is 575 g/mol. The van der Waals surface area contributed by atoms with E-state index >= 15 is 0 Å². The van der Waals surface area contributed by atoms with Crippen molar-refractivity contribution < 1.29 is 19.4 Å². The number of halogens is 1. The maximum atomic E-state index is 13.5. The molecular weight excluding hydrogens is 552 g/mol. The molecule has 186 valence electrons. The summed E-state index contributed by atoms with van der Waals surface area (Å²) in [5, 5.41) is 11.9. The summed E-state index contributed by atoms with van der Waals surface area (Å²) < 4.78 is 7.60. The van der Waals surface area contributed by atoms with Gasteiger partial charge in [-0.3, -0.25) is 14.5 Å². The highest BCUT2D eigenvalue weighted by Gasteiger charge is 2.48. The molecule has 3 aromatic carbocycles. The van der Waals surface area contributed by atoms with Crippen molar-refractivity contribution in [2.75, 3.05) is 4.90 Å². The molecular formula is C29H23BrN2O4S. The summed E-state index contributed by atoms with van der Waals surface area (Å²) in [4.78, 5) is 33.2. The molecule has 8 heteroatoms. The van der Waals surface area contributed by atoms with Gasteiger partial charge in [0.05, 0.1) is 21.8 Å². The summed E-state index contributed by atoms with van der Waals surface area (Å²) in [5.41, 5.74) is 5.09. The van der Waals surface area contributed by atoms with Crippen molar-refractivity contribution in [2.24, 2.45) is 0 Å². The molecule has 1 aromatic heterocycles. The van der Waals surface area contributed by atoms with Crippen molar-refractivity contribution in [2.45, 2.75) is 39.3 Å². The Labute approximate surface area is 226 Å². The molecule has 0 saturated carbocycles. The fraction of sp³-hybridized carbons (Fsp3) is 0.207. The Morgan fingerprint density at radius 2 is 1.86 bits per heavy atom. The van der Waals surface area contributed by atoms with E-state index in [4.69, 9.17) is 9.72 Å². The number of anilines is 1. The number of aliphatic hydroxyl groups excluding tert-OH is 1. The number of amides is 1. The number of fused-ring (bicyclic) bond motifs is 2. The van der Waals surface area contributed by atoms with Crippen molar-refractivity contribution in [3.8, 4) is 5.75 Å². The van der Waals surface area contributed by atoms with Crippen LogP contribution in [0.4, 0.5) is 5.13 Å². The number of nitrogens with zero attached hydrogens (tertiary/aromatic N) is 2.